The molecular weight excluding hydrogens is 282 g/mol. The number of rotatable bonds is 3. The zero-order valence-corrected chi connectivity index (χ0v) is 12.6. The predicted octanol–water partition coefficient (Wildman–Crippen LogP) is 4.31. The normalized spacial score (nSPS) is 10.6. The molecule has 3 aromatic rings. The summed E-state index contributed by atoms with van der Waals surface area (Å²) in [6.07, 6.45) is 0. The minimum atomic E-state index is -0.0720. The minimum absolute atomic E-state index is 0.0720. The van der Waals surface area contributed by atoms with Gasteiger partial charge in [-0.3, -0.25) is 4.79 Å². The van der Waals surface area contributed by atoms with Gasteiger partial charge in [-0.2, -0.15) is 0 Å². The zero-order chi connectivity index (χ0) is 14.8. The highest BCUT2D eigenvalue weighted by atomic mass is 32.1. The number of nitrogens with zero attached hydrogens (tertiary/aromatic N) is 1. The number of aromatic nitrogens is 1. The first kappa shape index (κ1) is 13.6. The van der Waals surface area contributed by atoms with E-state index in [1.165, 1.54) is 12.5 Å². The van der Waals surface area contributed by atoms with E-state index in [0.717, 1.165) is 26.7 Å². The van der Waals surface area contributed by atoms with Gasteiger partial charge in [-0.05, 0) is 48.9 Å². The lowest BCUT2D eigenvalue weighted by Crippen LogP contribution is -2.05. The highest BCUT2D eigenvalue weighted by Gasteiger charge is 2.04. The quantitative estimate of drug-likeness (QED) is 0.757. The number of carbonyl (C=O) groups is 1. The molecule has 0 aliphatic heterocycles. The first-order chi connectivity index (χ1) is 10.1. The Hall–Kier alpha value is -2.40. The van der Waals surface area contributed by atoms with Gasteiger partial charge in [0.1, 0.15) is 0 Å². The molecule has 106 valence electrons. The Morgan fingerprint density at radius 1 is 1.10 bits per heavy atom. The Morgan fingerprint density at radius 2 is 1.81 bits per heavy atom. The molecule has 1 amide bonds. The van der Waals surface area contributed by atoms with Gasteiger partial charge in [0.2, 0.25) is 5.91 Å². The van der Waals surface area contributed by atoms with Crippen LogP contribution in [0, 0.1) is 6.92 Å². The monoisotopic (exact) mass is 297 g/mol. The van der Waals surface area contributed by atoms with Crippen LogP contribution in [0.25, 0.3) is 10.2 Å². The molecule has 1 heterocycles. The van der Waals surface area contributed by atoms with Crippen LogP contribution in [0.5, 0.6) is 0 Å². The fourth-order valence-corrected chi connectivity index (χ4v) is 2.92. The number of anilines is 3. The van der Waals surface area contributed by atoms with Gasteiger partial charge < -0.3 is 10.6 Å². The number of benzene rings is 2. The predicted molar refractivity (Wildman–Crippen MR) is 88.4 cm³/mol. The van der Waals surface area contributed by atoms with Crippen molar-refractivity contribution in [1.29, 1.82) is 0 Å². The first-order valence-electron chi connectivity index (χ1n) is 6.62. The van der Waals surface area contributed by atoms with Crippen molar-refractivity contribution in [1.82, 2.24) is 4.98 Å². The van der Waals surface area contributed by atoms with Gasteiger partial charge in [-0.25, -0.2) is 4.98 Å². The second-order valence-electron chi connectivity index (χ2n) is 4.87. The molecule has 0 spiro atoms. The second-order valence-corrected chi connectivity index (χ2v) is 5.90. The Kier molecular flexibility index (Phi) is 3.58. The largest absolute Gasteiger partial charge is 0.332 e. The lowest BCUT2D eigenvalue weighted by atomic mass is 10.2. The van der Waals surface area contributed by atoms with Crippen LogP contribution in [0.4, 0.5) is 16.5 Å². The third-order valence-electron chi connectivity index (χ3n) is 3.00. The molecule has 0 unspecified atom stereocenters. The van der Waals surface area contributed by atoms with Gasteiger partial charge in [0, 0.05) is 18.3 Å². The number of fused-ring (bicyclic) bond motifs is 1. The first-order valence-corrected chi connectivity index (χ1v) is 7.44. The molecule has 3 rings (SSSR count). The standard InChI is InChI=1S/C16H15N3OS/c1-10-3-8-15-14(9-10)19-16(21-15)18-13-6-4-12(5-7-13)17-11(2)20/h3-9H,1-2H3,(H,17,20)(H,18,19). The molecule has 0 fully saturated rings. The van der Waals surface area contributed by atoms with Crippen LogP contribution >= 0.6 is 11.3 Å². The maximum absolute atomic E-state index is 11.0. The molecule has 0 aliphatic carbocycles. The topological polar surface area (TPSA) is 54.0 Å². The molecule has 2 N–H and O–H groups in total. The van der Waals surface area contributed by atoms with Gasteiger partial charge in [0.05, 0.1) is 10.2 Å². The summed E-state index contributed by atoms with van der Waals surface area (Å²) >= 11 is 1.62. The van der Waals surface area contributed by atoms with Crippen LogP contribution in [0.2, 0.25) is 0 Å². The SMILES string of the molecule is CC(=O)Nc1ccc(Nc2nc3cc(C)ccc3s2)cc1. The molecule has 2 aromatic carbocycles. The van der Waals surface area contributed by atoms with E-state index in [0.29, 0.717) is 0 Å². The zero-order valence-electron chi connectivity index (χ0n) is 11.8. The van der Waals surface area contributed by atoms with Crippen LogP contribution in [0.15, 0.2) is 42.5 Å². The van der Waals surface area contributed by atoms with Crippen molar-refractivity contribution >= 4 is 44.0 Å². The average Bonchev–Trinajstić information content (AvgIpc) is 2.82. The van der Waals surface area contributed by atoms with Crippen LogP contribution in [-0.4, -0.2) is 10.9 Å². The minimum Gasteiger partial charge on any atom is -0.332 e. The van der Waals surface area contributed by atoms with E-state index in [9.17, 15) is 4.79 Å². The van der Waals surface area contributed by atoms with Crippen LogP contribution in [-0.2, 0) is 4.79 Å². The van der Waals surface area contributed by atoms with Gasteiger partial charge in [0.15, 0.2) is 5.13 Å². The molecule has 0 saturated carbocycles. The van der Waals surface area contributed by atoms with E-state index < -0.39 is 0 Å². The summed E-state index contributed by atoms with van der Waals surface area (Å²) in [7, 11) is 0. The van der Waals surface area contributed by atoms with Crippen LogP contribution < -0.4 is 10.6 Å². The number of hydrogen-bond donors (Lipinski definition) is 2. The van der Waals surface area contributed by atoms with Crippen molar-refractivity contribution in [2.45, 2.75) is 13.8 Å². The van der Waals surface area contributed by atoms with E-state index in [4.69, 9.17) is 0 Å². The number of amides is 1. The van der Waals surface area contributed by atoms with E-state index in [1.54, 1.807) is 11.3 Å². The third kappa shape index (κ3) is 3.20. The molecular formula is C16H15N3OS. The Balaban J connectivity index is 1.79. The molecule has 0 aliphatic rings. The molecule has 5 heteroatoms. The van der Waals surface area contributed by atoms with E-state index >= 15 is 0 Å². The summed E-state index contributed by atoms with van der Waals surface area (Å²) in [6.45, 7) is 3.56. The van der Waals surface area contributed by atoms with Crippen molar-refractivity contribution in [2.24, 2.45) is 0 Å². The summed E-state index contributed by atoms with van der Waals surface area (Å²) in [6, 6.07) is 13.8. The van der Waals surface area contributed by atoms with Gasteiger partial charge in [-0.1, -0.05) is 17.4 Å². The third-order valence-corrected chi connectivity index (χ3v) is 3.95. The van der Waals surface area contributed by atoms with Crippen molar-refractivity contribution in [2.75, 3.05) is 10.6 Å². The Morgan fingerprint density at radius 3 is 2.52 bits per heavy atom. The van der Waals surface area contributed by atoms with E-state index in [2.05, 4.69) is 40.7 Å². The molecule has 0 bridgehead atoms. The maximum atomic E-state index is 11.0. The lowest BCUT2D eigenvalue weighted by molar-refractivity contribution is -0.114. The number of carbonyl (C=O) groups excluding carboxylic acids is 1. The maximum Gasteiger partial charge on any atom is 0.221 e. The van der Waals surface area contributed by atoms with Gasteiger partial charge in [0.25, 0.3) is 0 Å². The fraction of sp³-hybridized carbons (Fsp3) is 0.125. The Bertz CT molecular complexity index is 793. The van der Waals surface area contributed by atoms with Crippen LogP contribution in [0.3, 0.4) is 0 Å². The summed E-state index contributed by atoms with van der Waals surface area (Å²) < 4.78 is 1.16. The molecule has 1 aromatic heterocycles. The van der Waals surface area contributed by atoms with Crippen LogP contribution in [0.1, 0.15) is 12.5 Å². The molecule has 0 atom stereocenters. The smallest absolute Gasteiger partial charge is 0.221 e. The van der Waals surface area contributed by atoms with Crippen molar-refractivity contribution < 1.29 is 4.79 Å². The van der Waals surface area contributed by atoms with E-state index in [1.807, 2.05) is 24.3 Å². The van der Waals surface area contributed by atoms with E-state index in [-0.39, 0.29) is 5.91 Å². The summed E-state index contributed by atoms with van der Waals surface area (Å²) in [5.74, 6) is -0.0720. The highest BCUT2D eigenvalue weighted by Crippen LogP contribution is 2.29. The lowest BCUT2D eigenvalue weighted by Gasteiger charge is -2.05. The number of hydrogen-bond acceptors (Lipinski definition) is 4. The number of nitrogens with one attached hydrogen (secondary N) is 2. The summed E-state index contributed by atoms with van der Waals surface area (Å²) in [5, 5.41) is 6.90. The van der Waals surface area contributed by atoms with Crippen molar-refractivity contribution in [3.63, 3.8) is 0 Å². The van der Waals surface area contributed by atoms with Crippen molar-refractivity contribution in [3.05, 3.63) is 48.0 Å². The summed E-state index contributed by atoms with van der Waals surface area (Å²) in [5.41, 5.74) is 3.95. The average molecular weight is 297 g/mol. The second kappa shape index (κ2) is 5.54. The molecule has 0 saturated heterocycles. The highest BCUT2D eigenvalue weighted by molar-refractivity contribution is 7.22. The molecule has 4 nitrogen and oxygen atoms in total. The molecule has 21 heavy (non-hydrogen) atoms. The van der Waals surface area contributed by atoms with Crippen molar-refractivity contribution in [3.8, 4) is 0 Å². The van der Waals surface area contributed by atoms with Gasteiger partial charge in [-0.15, -0.1) is 0 Å². The number of aryl methyl sites for hydroxylation is 1. The fourth-order valence-electron chi connectivity index (χ4n) is 2.05. The Labute approximate surface area is 126 Å². The summed E-state index contributed by atoms with van der Waals surface area (Å²) in [4.78, 5) is 15.6. The van der Waals surface area contributed by atoms with Gasteiger partial charge >= 0.3 is 0 Å². The number of thiazole rings is 1. The molecule has 0 radical (unpaired) electrons.